The Labute approximate surface area is 163 Å². The lowest BCUT2D eigenvalue weighted by Gasteiger charge is -2.19. The Morgan fingerprint density at radius 3 is 2.57 bits per heavy atom. The van der Waals surface area contributed by atoms with Crippen LogP contribution in [0.3, 0.4) is 0 Å². The highest BCUT2D eigenvalue weighted by Crippen LogP contribution is 2.45. The summed E-state index contributed by atoms with van der Waals surface area (Å²) in [4.78, 5) is 24.2. The quantitative estimate of drug-likeness (QED) is 0.773. The van der Waals surface area contributed by atoms with E-state index in [0.29, 0.717) is 42.7 Å². The molecule has 2 aliphatic rings. The first-order valence-corrected chi connectivity index (χ1v) is 9.51. The predicted octanol–water partition coefficient (Wildman–Crippen LogP) is 2.77. The van der Waals surface area contributed by atoms with Crippen molar-refractivity contribution in [2.75, 3.05) is 20.3 Å². The number of carbonyl (C=O) groups is 2. The van der Waals surface area contributed by atoms with Crippen LogP contribution in [0.15, 0.2) is 18.2 Å². The maximum Gasteiger partial charge on any atom is 0.305 e. The van der Waals surface area contributed by atoms with Gasteiger partial charge in [-0.25, -0.2) is 0 Å². The van der Waals surface area contributed by atoms with Crippen LogP contribution < -0.4 is 15.2 Å². The normalized spacial score (nSPS) is 15.4. The summed E-state index contributed by atoms with van der Waals surface area (Å²) in [7, 11) is 1.38. The minimum Gasteiger partial charge on any atom is -0.486 e. The number of nitrogens with two attached hydrogens (primary N) is 1. The summed E-state index contributed by atoms with van der Waals surface area (Å²) in [6.45, 7) is 2.92. The second kappa shape index (κ2) is 7.22. The Hall–Kier alpha value is -2.96. The number of fused-ring (bicyclic) bond motifs is 1. The molecule has 28 heavy (non-hydrogen) atoms. The fraction of sp³-hybridized carbons (Fsp3) is 0.429. The summed E-state index contributed by atoms with van der Waals surface area (Å²) in [5.41, 5.74) is 9.68. The zero-order valence-corrected chi connectivity index (χ0v) is 16.1. The Morgan fingerprint density at radius 1 is 1.21 bits per heavy atom. The van der Waals surface area contributed by atoms with Crippen molar-refractivity contribution >= 4 is 11.9 Å². The molecule has 2 N–H and O–H groups in total. The highest BCUT2D eigenvalue weighted by atomic mass is 16.6. The fourth-order valence-electron chi connectivity index (χ4n) is 3.97. The van der Waals surface area contributed by atoms with Crippen LogP contribution in [0.5, 0.6) is 11.5 Å². The van der Waals surface area contributed by atoms with Crippen molar-refractivity contribution in [1.82, 2.24) is 4.57 Å². The summed E-state index contributed by atoms with van der Waals surface area (Å²) in [6, 6.07) is 5.99. The van der Waals surface area contributed by atoms with Crippen molar-refractivity contribution in [3.05, 3.63) is 35.2 Å². The van der Waals surface area contributed by atoms with E-state index in [9.17, 15) is 9.59 Å². The molecule has 0 bridgehead atoms. The van der Waals surface area contributed by atoms with Gasteiger partial charge in [-0.05, 0) is 43.9 Å². The highest BCUT2D eigenvalue weighted by Gasteiger charge is 2.33. The first-order chi connectivity index (χ1) is 13.5. The van der Waals surface area contributed by atoms with Crippen LogP contribution >= 0.6 is 0 Å². The summed E-state index contributed by atoms with van der Waals surface area (Å²) < 4.78 is 18.3. The number of rotatable bonds is 6. The summed E-state index contributed by atoms with van der Waals surface area (Å²) in [6.07, 6.45) is 2.82. The number of primary amides is 1. The molecule has 1 aliphatic carbocycles. The molecule has 148 valence electrons. The molecule has 0 saturated heterocycles. The van der Waals surface area contributed by atoms with Crippen LogP contribution in [0.25, 0.3) is 11.1 Å². The Balaban J connectivity index is 1.87. The van der Waals surface area contributed by atoms with Crippen molar-refractivity contribution in [3.63, 3.8) is 0 Å². The zero-order valence-electron chi connectivity index (χ0n) is 16.1. The second-order valence-corrected chi connectivity index (χ2v) is 7.18. The van der Waals surface area contributed by atoms with Gasteiger partial charge in [-0.15, -0.1) is 0 Å². The Kier molecular flexibility index (Phi) is 4.75. The van der Waals surface area contributed by atoms with Gasteiger partial charge in [0.1, 0.15) is 13.2 Å². The molecule has 1 fully saturated rings. The number of amides is 1. The van der Waals surface area contributed by atoms with Gasteiger partial charge in [0.25, 0.3) is 5.91 Å². The molecule has 1 saturated carbocycles. The number of aromatic nitrogens is 1. The van der Waals surface area contributed by atoms with Crippen LogP contribution in [0.4, 0.5) is 0 Å². The molecule has 7 heteroatoms. The molecule has 1 aromatic carbocycles. The van der Waals surface area contributed by atoms with E-state index in [4.69, 9.17) is 19.9 Å². The maximum atomic E-state index is 12.4. The highest BCUT2D eigenvalue weighted by molar-refractivity contribution is 6.02. The Morgan fingerprint density at radius 2 is 1.93 bits per heavy atom. The minimum absolute atomic E-state index is 0.239. The zero-order chi connectivity index (χ0) is 19.8. The molecule has 1 aliphatic heterocycles. The number of nitrogens with zero attached hydrogens (tertiary/aromatic N) is 1. The molecule has 0 spiro atoms. The standard InChI is InChI=1S/C21H24N2O5/c1-12-19(21(22)25)20(13-3-7-16-17(11-13)28-10-9-27-16)15(6-8-18(24)26-2)23(12)14-4-5-14/h3,7,11,14H,4-6,8-10H2,1-2H3,(H2,22,25). The van der Waals surface area contributed by atoms with E-state index in [0.717, 1.165) is 35.4 Å². The van der Waals surface area contributed by atoms with E-state index in [1.54, 1.807) is 0 Å². The molecular formula is C21H24N2O5. The van der Waals surface area contributed by atoms with Crippen molar-refractivity contribution in [2.24, 2.45) is 5.73 Å². The van der Waals surface area contributed by atoms with Gasteiger partial charge >= 0.3 is 5.97 Å². The molecule has 0 atom stereocenters. The number of benzene rings is 1. The van der Waals surface area contributed by atoms with Crippen molar-refractivity contribution < 1.29 is 23.8 Å². The van der Waals surface area contributed by atoms with E-state index >= 15 is 0 Å². The Bertz CT molecular complexity index is 943. The molecule has 0 unspecified atom stereocenters. The molecule has 1 amide bonds. The first-order valence-electron chi connectivity index (χ1n) is 9.51. The lowest BCUT2D eigenvalue weighted by molar-refractivity contribution is -0.140. The number of carbonyl (C=O) groups excluding carboxylic acids is 2. The monoisotopic (exact) mass is 384 g/mol. The van der Waals surface area contributed by atoms with E-state index in [1.807, 2.05) is 25.1 Å². The number of ether oxygens (including phenoxy) is 3. The summed E-state index contributed by atoms with van der Waals surface area (Å²) >= 11 is 0. The molecular weight excluding hydrogens is 360 g/mol. The molecule has 4 rings (SSSR count). The van der Waals surface area contributed by atoms with E-state index in [1.165, 1.54) is 7.11 Å². The van der Waals surface area contributed by atoms with Crippen molar-refractivity contribution in [3.8, 4) is 22.6 Å². The number of hydrogen-bond donors (Lipinski definition) is 1. The predicted molar refractivity (Wildman–Crippen MR) is 103 cm³/mol. The maximum absolute atomic E-state index is 12.4. The van der Waals surface area contributed by atoms with Crippen LogP contribution in [-0.4, -0.2) is 36.8 Å². The molecule has 0 radical (unpaired) electrons. The van der Waals surface area contributed by atoms with Gasteiger partial charge in [-0.3, -0.25) is 9.59 Å². The average Bonchev–Trinajstić information content (AvgIpc) is 3.48. The van der Waals surface area contributed by atoms with Crippen LogP contribution in [0.2, 0.25) is 0 Å². The summed E-state index contributed by atoms with van der Waals surface area (Å²) in [5, 5.41) is 0. The molecule has 2 aromatic rings. The van der Waals surface area contributed by atoms with E-state index in [-0.39, 0.29) is 12.4 Å². The molecule has 7 nitrogen and oxygen atoms in total. The van der Waals surface area contributed by atoms with Crippen molar-refractivity contribution in [1.29, 1.82) is 0 Å². The third kappa shape index (κ3) is 3.21. The SMILES string of the molecule is COC(=O)CCc1c(-c2ccc3c(c2)OCCO3)c(C(N)=O)c(C)n1C1CC1. The lowest BCUT2D eigenvalue weighted by Crippen LogP contribution is -2.15. The number of esters is 1. The van der Waals surface area contributed by atoms with Gasteiger partial charge in [0.15, 0.2) is 11.5 Å². The third-order valence-electron chi connectivity index (χ3n) is 5.34. The van der Waals surface area contributed by atoms with Gasteiger partial charge in [0.2, 0.25) is 0 Å². The molecule has 1 aromatic heterocycles. The third-order valence-corrected chi connectivity index (χ3v) is 5.34. The van der Waals surface area contributed by atoms with Gasteiger partial charge < -0.3 is 24.5 Å². The van der Waals surface area contributed by atoms with Gasteiger partial charge in [0, 0.05) is 23.0 Å². The van der Waals surface area contributed by atoms with E-state index < -0.39 is 5.91 Å². The van der Waals surface area contributed by atoms with Crippen molar-refractivity contribution in [2.45, 2.75) is 38.6 Å². The average molecular weight is 384 g/mol. The lowest BCUT2D eigenvalue weighted by atomic mass is 9.97. The van der Waals surface area contributed by atoms with Crippen LogP contribution in [-0.2, 0) is 16.0 Å². The summed E-state index contributed by atoms with van der Waals surface area (Å²) in [5.74, 6) is 0.580. The molecule has 2 heterocycles. The van der Waals surface area contributed by atoms with Gasteiger partial charge in [-0.2, -0.15) is 0 Å². The largest absolute Gasteiger partial charge is 0.486 e. The topological polar surface area (TPSA) is 92.8 Å². The second-order valence-electron chi connectivity index (χ2n) is 7.18. The first kappa shape index (κ1) is 18.4. The minimum atomic E-state index is -0.471. The van der Waals surface area contributed by atoms with Gasteiger partial charge in [-0.1, -0.05) is 6.07 Å². The van der Waals surface area contributed by atoms with Crippen LogP contribution in [0.1, 0.15) is 47.1 Å². The fourth-order valence-corrected chi connectivity index (χ4v) is 3.97. The number of hydrogen-bond acceptors (Lipinski definition) is 5. The van der Waals surface area contributed by atoms with Gasteiger partial charge in [0.05, 0.1) is 19.1 Å². The number of methoxy groups -OCH3 is 1. The smallest absolute Gasteiger partial charge is 0.305 e. The van der Waals surface area contributed by atoms with Crippen LogP contribution in [0, 0.1) is 6.92 Å². The van der Waals surface area contributed by atoms with E-state index in [2.05, 4.69) is 4.57 Å².